The van der Waals surface area contributed by atoms with Gasteiger partial charge in [0.05, 0.1) is 6.54 Å². The lowest BCUT2D eigenvalue weighted by molar-refractivity contribution is -0.0308. The maximum Gasteiger partial charge on any atom is 0.429 e. The summed E-state index contributed by atoms with van der Waals surface area (Å²) < 4.78 is 24.4. The van der Waals surface area contributed by atoms with Crippen molar-refractivity contribution in [2.75, 3.05) is 12.4 Å². The van der Waals surface area contributed by atoms with Crippen LogP contribution in [0.1, 0.15) is 56.8 Å². The summed E-state index contributed by atoms with van der Waals surface area (Å²) in [4.78, 5) is 42.2. The lowest BCUT2D eigenvalue weighted by atomic mass is 10.2. The summed E-state index contributed by atoms with van der Waals surface area (Å²) in [5.74, 6) is -1.32. The Kier molecular flexibility index (Phi) is 8.96. The van der Waals surface area contributed by atoms with Gasteiger partial charge in [-0.05, 0) is 65.3 Å². The van der Waals surface area contributed by atoms with E-state index in [0.29, 0.717) is 0 Å². The molecule has 1 aromatic heterocycles. The number of nitrogens with zero attached hydrogens (tertiary/aromatic N) is 3. The quantitative estimate of drug-likeness (QED) is 0.446. The van der Waals surface area contributed by atoms with Crippen LogP contribution in [0.4, 0.5) is 19.1 Å². The Morgan fingerprint density at radius 1 is 1.09 bits per heavy atom. The zero-order valence-electron chi connectivity index (χ0n) is 20.4. The molecule has 0 atom stereocenters. The highest BCUT2D eigenvalue weighted by Gasteiger charge is 2.32. The summed E-state index contributed by atoms with van der Waals surface area (Å²) in [7, 11) is 1.31. The summed E-state index contributed by atoms with van der Waals surface area (Å²) in [5, 5.41) is 4.33. The Hall–Kier alpha value is -2.63. The first-order valence-electron chi connectivity index (χ1n) is 10.4. The van der Waals surface area contributed by atoms with E-state index < -0.39 is 35.1 Å². The van der Waals surface area contributed by atoms with E-state index in [9.17, 15) is 18.8 Å². The zero-order chi connectivity index (χ0) is 26.7. The van der Waals surface area contributed by atoms with Gasteiger partial charge >= 0.3 is 12.2 Å². The number of rotatable bonds is 4. The van der Waals surface area contributed by atoms with Crippen molar-refractivity contribution in [2.24, 2.45) is 0 Å². The van der Waals surface area contributed by atoms with Crippen LogP contribution < -0.4 is 5.32 Å². The highest BCUT2D eigenvalue weighted by molar-refractivity contribution is 7.18. The maximum atomic E-state index is 13.9. The third kappa shape index (κ3) is 8.52. The molecule has 0 radical (unpaired) electrons. The Bertz CT molecular complexity index is 1110. The molecular weight excluding hydrogens is 522 g/mol. The molecule has 13 heteroatoms. The molecule has 1 N–H and O–H groups in total. The lowest BCUT2D eigenvalue weighted by Crippen LogP contribution is -2.48. The van der Waals surface area contributed by atoms with E-state index in [0.717, 1.165) is 27.4 Å². The number of anilines is 1. The first-order valence-corrected chi connectivity index (χ1v) is 11.9. The first kappa shape index (κ1) is 28.6. The number of hydrazine groups is 1. The highest BCUT2D eigenvalue weighted by atomic mass is 35.5. The van der Waals surface area contributed by atoms with Gasteiger partial charge in [0.1, 0.15) is 21.9 Å². The Balaban J connectivity index is 2.39. The molecule has 1 heterocycles. The Morgan fingerprint density at radius 2 is 1.69 bits per heavy atom. The first-order chi connectivity index (χ1) is 16.0. The van der Waals surface area contributed by atoms with E-state index in [4.69, 9.17) is 32.7 Å². The molecule has 0 unspecified atom stereocenters. The normalized spacial score (nSPS) is 11.6. The third-order valence-electron chi connectivity index (χ3n) is 3.97. The monoisotopic (exact) mass is 548 g/mol. The van der Waals surface area contributed by atoms with Gasteiger partial charge in [0, 0.05) is 12.1 Å². The van der Waals surface area contributed by atoms with Crippen LogP contribution in [0.3, 0.4) is 0 Å². The topological polar surface area (TPSA) is 101 Å². The van der Waals surface area contributed by atoms with Crippen molar-refractivity contribution in [3.05, 3.63) is 44.6 Å². The molecule has 0 saturated heterocycles. The number of carbonyl (C=O) groups excluding carboxylic acids is 3. The molecule has 2 aromatic rings. The van der Waals surface area contributed by atoms with Crippen molar-refractivity contribution in [1.82, 2.24) is 15.0 Å². The second-order valence-corrected chi connectivity index (χ2v) is 11.1. The van der Waals surface area contributed by atoms with E-state index in [1.807, 2.05) is 0 Å². The van der Waals surface area contributed by atoms with E-state index >= 15 is 0 Å². The highest BCUT2D eigenvalue weighted by Crippen LogP contribution is 2.30. The minimum Gasteiger partial charge on any atom is -0.444 e. The molecule has 0 aliphatic carbocycles. The van der Waals surface area contributed by atoms with Crippen LogP contribution >= 0.6 is 34.5 Å². The average molecular weight is 549 g/mol. The van der Waals surface area contributed by atoms with Crippen LogP contribution in [0, 0.1) is 5.82 Å². The summed E-state index contributed by atoms with van der Waals surface area (Å²) >= 11 is 13.2. The van der Waals surface area contributed by atoms with Gasteiger partial charge in [-0.25, -0.2) is 29.0 Å². The van der Waals surface area contributed by atoms with Crippen molar-refractivity contribution in [1.29, 1.82) is 0 Å². The van der Waals surface area contributed by atoms with Crippen molar-refractivity contribution < 1.29 is 28.2 Å². The van der Waals surface area contributed by atoms with Crippen LogP contribution in [0.5, 0.6) is 0 Å². The fourth-order valence-corrected chi connectivity index (χ4v) is 3.86. The van der Waals surface area contributed by atoms with Gasteiger partial charge < -0.3 is 9.47 Å². The molecule has 0 spiro atoms. The molecule has 9 nitrogen and oxygen atoms in total. The number of aromatic nitrogens is 1. The largest absolute Gasteiger partial charge is 0.444 e. The van der Waals surface area contributed by atoms with Gasteiger partial charge in [-0.15, -0.1) is 0 Å². The van der Waals surface area contributed by atoms with Gasteiger partial charge in [0.15, 0.2) is 10.3 Å². The summed E-state index contributed by atoms with van der Waals surface area (Å²) in [6, 6.07) is 3.66. The SMILES string of the molecule is CN(C(=O)OC(C)(C)C)N(Cc1cc(F)ccc1Cl)C(=O)c1sc(NC(=O)OC(C)(C)C)nc1Cl. The van der Waals surface area contributed by atoms with Crippen molar-refractivity contribution >= 4 is 57.8 Å². The molecule has 0 saturated carbocycles. The molecule has 0 aliphatic heterocycles. The number of thiazole rings is 1. The van der Waals surface area contributed by atoms with Gasteiger partial charge in [0.25, 0.3) is 5.91 Å². The second kappa shape index (κ2) is 11.0. The molecule has 0 fully saturated rings. The average Bonchev–Trinajstić information content (AvgIpc) is 3.04. The summed E-state index contributed by atoms with van der Waals surface area (Å²) in [6.07, 6.45) is -1.62. The van der Waals surface area contributed by atoms with E-state index in [1.54, 1.807) is 41.5 Å². The van der Waals surface area contributed by atoms with Gasteiger partial charge in [-0.1, -0.05) is 34.5 Å². The van der Waals surface area contributed by atoms with Gasteiger partial charge in [-0.2, -0.15) is 0 Å². The van der Waals surface area contributed by atoms with Crippen LogP contribution in [0.2, 0.25) is 10.2 Å². The zero-order valence-corrected chi connectivity index (χ0v) is 22.7. The predicted octanol–water partition coefficient (Wildman–Crippen LogP) is 6.36. The standard InChI is InChI=1S/C22H27Cl2FN4O5S/c1-21(2,3)33-19(31)27-18-26-16(24)15(35-18)17(30)29(28(7)20(32)34-22(4,5)6)11-12-10-13(25)8-9-14(12)23/h8-10H,11H2,1-7H3,(H,26,27,31). The van der Waals surface area contributed by atoms with E-state index in [1.165, 1.54) is 19.2 Å². The smallest absolute Gasteiger partial charge is 0.429 e. The number of hydrogen-bond acceptors (Lipinski definition) is 7. The Morgan fingerprint density at radius 3 is 2.26 bits per heavy atom. The van der Waals surface area contributed by atoms with Crippen molar-refractivity contribution in [3.8, 4) is 0 Å². The van der Waals surface area contributed by atoms with Gasteiger partial charge in [-0.3, -0.25) is 10.1 Å². The van der Waals surface area contributed by atoms with Crippen LogP contribution in [-0.2, 0) is 16.0 Å². The van der Waals surface area contributed by atoms with Gasteiger partial charge in [0.2, 0.25) is 0 Å². The summed E-state index contributed by atoms with van der Waals surface area (Å²) in [6.45, 7) is 9.80. The van der Waals surface area contributed by atoms with Crippen molar-refractivity contribution in [3.63, 3.8) is 0 Å². The minimum absolute atomic E-state index is 0.0104. The molecule has 0 bridgehead atoms. The van der Waals surface area contributed by atoms with Crippen LogP contribution in [0.25, 0.3) is 0 Å². The second-order valence-electron chi connectivity index (χ2n) is 9.37. The fraction of sp³-hybridized carbons (Fsp3) is 0.455. The number of ether oxygens (including phenoxy) is 2. The maximum absolute atomic E-state index is 13.9. The number of nitrogens with one attached hydrogen (secondary N) is 1. The third-order valence-corrected chi connectivity index (χ3v) is 5.68. The lowest BCUT2D eigenvalue weighted by Gasteiger charge is -2.33. The fourth-order valence-electron chi connectivity index (χ4n) is 2.56. The number of carbonyl (C=O) groups is 3. The number of amides is 3. The summed E-state index contributed by atoms with van der Waals surface area (Å²) in [5.41, 5.74) is -1.35. The van der Waals surface area contributed by atoms with Crippen LogP contribution in [0.15, 0.2) is 18.2 Å². The molecule has 3 amide bonds. The Labute approximate surface area is 217 Å². The van der Waals surface area contributed by atoms with Crippen molar-refractivity contribution in [2.45, 2.75) is 59.3 Å². The number of halogens is 3. The molecule has 1 aromatic carbocycles. The number of benzene rings is 1. The predicted molar refractivity (Wildman–Crippen MR) is 132 cm³/mol. The van der Waals surface area contributed by atoms with E-state index in [2.05, 4.69) is 10.3 Å². The molecule has 192 valence electrons. The van der Waals surface area contributed by atoms with E-state index in [-0.39, 0.29) is 32.3 Å². The van der Waals surface area contributed by atoms with Crippen LogP contribution in [-0.4, -0.2) is 51.3 Å². The molecule has 0 aliphatic rings. The molecular formula is C22H27Cl2FN4O5S. The molecule has 2 rings (SSSR count). The minimum atomic E-state index is -0.844. The number of hydrogen-bond donors (Lipinski definition) is 1. The molecule has 35 heavy (non-hydrogen) atoms.